The van der Waals surface area contributed by atoms with E-state index >= 15 is 0 Å². The van der Waals surface area contributed by atoms with Gasteiger partial charge in [-0.05, 0) is 18.1 Å². The van der Waals surface area contributed by atoms with Crippen LogP contribution in [0.2, 0.25) is 0 Å². The van der Waals surface area contributed by atoms with Crippen molar-refractivity contribution in [2.75, 3.05) is 0 Å². The lowest BCUT2D eigenvalue weighted by Crippen LogP contribution is -2.25. The number of carboxylic acid groups (broad SMARTS) is 1. The molecule has 2 unspecified atom stereocenters. The molecule has 0 radical (unpaired) electrons. The minimum absolute atomic E-state index is 0.0328. The van der Waals surface area contributed by atoms with Crippen molar-refractivity contribution in [3.05, 3.63) is 29.8 Å². The van der Waals surface area contributed by atoms with Gasteiger partial charge in [0.05, 0.1) is 0 Å². The molecule has 0 aliphatic heterocycles. The van der Waals surface area contributed by atoms with Crippen LogP contribution in [0.15, 0.2) is 29.3 Å². The molecule has 4 heteroatoms. The van der Waals surface area contributed by atoms with Gasteiger partial charge in [-0.15, -0.1) is 0 Å². The topological polar surface area (TPSA) is 69.9 Å². The number of aliphatic carboxylic acids is 1. The second-order valence-electron chi connectivity index (χ2n) is 4.01. The first-order valence-corrected chi connectivity index (χ1v) is 5.60. The largest absolute Gasteiger partial charge is 0.507 e. The average Bonchev–Trinajstić information content (AvgIpc) is 2.30. The van der Waals surface area contributed by atoms with Crippen LogP contribution in [-0.2, 0) is 4.79 Å². The molecule has 17 heavy (non-hydrogen) atoms. The van der Waals surface area contributed by atoms with Crippen LogP contribution in [0.25, 0.3) is 0 Å². The Hall–Kier alpha value is -1.84. The van der Waals surface area contributed by atoms with Crippen LogP contribution in [0.1, 0.15) is 25.8 Å². The smallest absolute Gasteiger partial charge is 0.328 e. The van der Waals surface area contributed by atoms with E-state index in [0.29, 0.717) is 5.56 Å². The zero-order valence-corrected chi connectivity index (χ0v) is 10.00. The van der Waals surface area contributed by atoms with Crippen LogP contribution < -0.4 is 0 Å². The summed E-state index contributed by atoms with van der Waals surface area (Å²) in [5, 5.41) is 18.6. The first kappa shape index (κ1) is 13.2. The van der Waals surface area contributed by atoms with Crippen LogP contribution in [-0.4, -0.2) is 28.4 Å². The molecule has 2 atom stereocenters. The Morgan fingerprint density at radius 1 is 1.47 bits per heavy atom. The predicted molar refractivity (Wildman–Crippen MR) is 66.6 cm³/mol. The first-order chi connectivity index (χ1) is 8.06. The Morgan fingerprint density at radius 2 is 2.12 bits per heavy atom. The highest BCUT2D eigenvalue weighted by Crippen LogP contribution is 2.15. The van der Waals surface area contributed by atoms with Crippen molar-refractivity contribution in [1.82, 2.24) is 0 Å². The Morgan fingerprint density at radius 3 is 2.65 bits per heavy atom. The fraction of sp³-hybridized carbons (Fsp3) is 0.385. The van der Waals surface area contributed by atoms with Gasteiger partial charge in [0, 0.05) is 11.8 Å². The van der Waals surface area contributed by atoms with Gasteiger partial charge in [0.15, 0.2) is 0 Å². The molecular weight excluding hydrogens is 218 g/mol. The SMILES string of the molecule is CCC(C)C(/N=C/c1ccccc1O)C(=O)O. The molecule has 0 fully saturated rings. The van der Waals surface area contributed by atoms with Gasteiger partial charge in [-0.25, -0.2) is 4.79 Å². The van der Waals surface area contributed by atoms with E-state index in [2.05, 4.69) is 4.99 Å². The van der Waals surface area contributed by atoms with E-state index < -0.39 is 12.0 Å². The van der Waals surface area contributed by atoms with Gasteiger partial charge in [-0.3, -0.25) is 4.99 Å². The molecule has 0 aliphatic carbocycles. The fourth-order valence-electron chi connectivity index (χ4n) is 1.43. The standard InChI is InChI=1S/C13H17NO3/c1-3-9(2)12(13(16)17)14-8-10-6-4-5-7-11(10)15/h4-9,12,15H,3H2,1-2H3,(H,16,17)/b14-8+. The van der Waals surface area contributed by atoms with Crippen LogP contribution in [0.5, 0.6) is 5.75 Å². The third-order valence-corrected chi connectivity index (χ3v) is 2.75. The Bertz CT molecular complexity index is 415. The number of phenolic OH excluding ortho intramolecular Hbond substituents is 1. The second kappa shape index (κ2) is 6.03. The van der Waals surface area contributed by atoms with Crippen molar-refractivity contribution in [2.24, 2.45) is 10.9 Å². The van der Waals surface area contributed by atoms with Crippen LogP contribution in [0.3, 0.4) is 0 Å². The Kier molecular flexibility index (Phi) is 4.69. The average molecular weight is 235 g/mol. The van der Waals surface area contributed by atoms with E-state index in [1.54, 1.807) is 24.3 Å². The fourth-order valence-corrected chi connectivity index (χ4v) is 1.43. The molecule has 4 nitrogen and oxygen atoms in total. The van der Waals surface area contributed by atoms with Crippen molar-refractivity contribution in [1.29, 1.82) is 0 Å². The van der Waals surface area contributed by atoms with Crippen molar-refractivity contribution in [2.45, 2.75) is 26.3 Å². The van der Waals surface area contributed by atoms with Crippen LogP contribution in [0, 0.1) is 5.92 Å². The number of hydrogen-bond donors (Lipinski definition) is 2. The molecule has 0 saturated heterocycles. The van der Waals surface area contributed by atoms with E-state index in [4.69, 9.17) is 5.11 Å². The number of para-hydroxylation sites is 1. The molecule has 0 aliphatic rings. The zero-order valence-electron chi connectivity index (χ0n) is 10.00. The lowest BCUT2D eigenvalue weighted by molar-refractivity contribution is -0.139. The number of aliphatic imine (C=N–C) groups is 1. The maximum atomic E-state index is 11.0. The molecule has 1 aromatic carbocycles. The number of carbonyl (C=O) groups is 1. The molecule has 0 amide bonds. The monoisotopic (exact) mass is 235 g/mol. The first-order valence-electron chi connectivity index (χ1n) is 5.60. The van der Waals surface area contributed by atoms with E-state index in [9.17, 15) is 9.90 Å². The van der Waals surface area contributed by atoms with Gasteiger partial charge in [0.25, 0.3) is 0 Å². The van der Waals surface area contributed by atoms with Gasteiger partial charge in [-0.1, -0.05) is 32.4 Å². The maximum absolute atomic E-state index is 11.0. The molecule has 2 N–H and O–H groups in total. The molecule has 0 bridgehead atoms. The van der Waals surface area contributed by atoms with E-state index in [1.807, 2.05) is 13.8 Å². The highest BCUT2D eigenvalue weighted by molar-refractivity contribution is 5.86. The van der Waals surface area contributed by atoms with Crippen molar-refractivity contribution < 1.29 is 15.0 Å². The lowest BCUT2D eigenvalue weighted by atomic mass is 10.00. The highest BCUT2D eigenvalue weighted by Gasteiger charge is 2.21. The summed E-state index contributed by atoms with van der Waals surface area (Å²) in [5.74, 6) is -0.870. The summed E-state index contributed by atoms with van der Waals surface area (Å²) in [6, 6.07) is 5.94. The minimum Gasteiger partial charge on any atom is -0.507 e. The molecule has 1 rings (SSSR count). The summed E-state index contributed by atoms with van der Waals surface area (Å²) in [6.45, 7) is 3.77. The van der Waals surface area contributed by atoms with E-state index in [0.717, 1.165) is 6.42 Å². The molecule has 0 spiro atoms. The molecular formula is C13H17NO3. The number of rotatable bonds is 5. The lowest BCUT2D eigenvalue weighted by Gasteiger charge is -2.13. The number of hydrogen-bond acceptors (Lipinski definition) is 3. The van der Waals surface area contributed by atoms with Crippen LogP contribution in [0.4, 0.5) is 0 Å². The van der Waals surface area contributed by atoms with Crippen molar-refractivity contribution in [3.8, 4) is 5.75 Å². The third kappa shape index (κ3) is 3.59. The highest BCUT2D eigenvalue weighted by atomic mass is 16.4. The van der Waals surface area contributed by atoms with Gasteiger partial charge >= 0.3 is 5.97 Å². The molecule has 0 heterocycles. The van der Waals surface area contributed by atoms with Gasteiger partial charge in [-0.2, -0.15) is 0 Å². The summed E-state index contributed by atoms with van der Waals surface area (Å²) in [5.41, 5.74) is 0.530. The number of nitrogens with zero attached hydrogens (tertiary/aromatic N) is 1. The van der Waals surface area contributed by atoms with Gasteiger partial charge < -0.3 is 10.2 Å². The summed E-state index contributed by atoms with van der Waals surface area (Å²) in [4.78, 5) is 15.1. The molecule has 92 valence electrons. The normalized spacial score (nSPS) is 14.7. The van der Waals surface area contributed by atoms with Crippen molar-refractivity contribution >= 4 is 12.2 Å². The maximum Gasteiger partial charge on any atom is 0.328 e. The second-order valence-corrected chi connectivity index (χ2v) is 4.01. The summed E-state index contributed by atoms with van der Waals surface area (Å²) < 4.78 is 0. The molecule has 0 aromatic heterocycles. The number of carboxylic acids is 1. The Labute approximate surface area is 101 Å². The quantitative estimate of drug-likeness (QED) is 0.769. The van der Waals surface area contributed by atoms with E-state index in [1.165, 1.54) is 6.21 Å². The number of phenols is 1. The van der Waals surface area contributed by atoms with Gasteiger partial charge in [0.2, 0.25) is 0 Å². The zero-order chi connectivity index (χ0) is 12.8. The molecule has 1 aromatic rings. The minimum atomic E-state index is -0.939. The predicted octanol–water partition coefficient (Wildman–Crippen LogP) is 2.31. The summed E-state index contributed by atoms with van der Waals surface area (Å²) >= 11 is 0. The van der Waals surface area contributed by atoms with Crippen LogP contribution >= 0.6 is 0 Å². The number of aromatic hydroxyl groups is 1. The Balaban J connectivity index is 2.87. The summed E-state index contributed by atoms with van der Waals surface area (Å²) in [7, 11) is 0. The third-order valence-electron chi connectivity index (χ3n) is 2.75. The summed E-state index contributed by atoms with van der Waals surface area (Å²) in [6.07, 6.45) is 2.16. The van der Waals surface area contributed by atoms with Crippen molar-refractivity contribution in [3.63, 3.8) is 0 Å². The number of benzene rings is 1. The van der Waals surface area contributed by atoms with E-state index in [-0.39, 0.29) is 11.7 Å². The molecule has 0 saturated carbocycles. The van der Waals surface area contributed by atoms with Gasteiger partial charge in [0.1, 0.15) is 11.8 Å².